The summed E-state index contributed by atoms with van der Waals surface area (Å²) in [4.78, 5) is 12.4. The van der Waals surface area contributed by atoms with Gasteiger partial charge in [0, 0.05) is 4.90 Å². The van der Waals surface area contributed by atoms with E-state index in [2.05, 4.69) is 0 Å². The largest absolute Gasteiger partial charge is 0.350 e. The van der Waals surface area contributed by atoms with Gasteiger partial charge in [0.05, 0.1) is 6.54 Å². The number of hydrogen-bond donors (Lipinski definition) is 2. The molecule has 2 amide bonds. The van der Waals surface area contributed by atoms with E-state index in [-0.39, 0.29) is 12.4 Å². The van der Waals surface area contributed by atoms with Crippen molar-refractivity contribution in [3.8, 4) is 0 Å². The SMILES string of the molecule is CSc1ccc(/C=C2/C(C)=C(CN(O)C(N)=O)c3cc(F)ccc32)cc1. The van der Waals surface area contributed by atoms with Crippen LogP contribution in [0.3, 0.4) is 0 Å². The van der Waals surface area contributed by atoms with Gasteiger partial charge in [-0.2, -0.15) is 0 Å². The van der Waals surface area contributed by atoms with Crippen LogP contribution in [-0.2, 0) is 0 Å². The van der Waals surface area contributed by atoms with Crippen LogP contribution in [0.5, 0.6) is 0 Å². The van der Waals surface area contributed by atoms with E-state index in [1.165, 1.54) is 17.0 Å². The zero-order valence-corrected chi connectivity index (χ0v) is 15.3. The topological polar surface area (TPSA) is 66.6 Å². The quantitative estimate of drug-likeness (QED) is 0.468. The summed E-state index contributed by atoms with van der Waals surface area (Å²) in [6.07, 6.45) is 4.04. The molecular formula is C20H19FN2O2S. The maximum Gasteiger partial charge on any atom is 0.338 e. The lowest BCUT2D eigenvalue weighted by molar-refractivity contribution is -0.0268. The predicted octanol–water partition coefficient (Wildman–Crippen LogP) is 4.65. The smallest absolute Gasteiger partial charge is 0.338 e. The first kappa shape index (κ1) is 18.2. The van der Waals surface area contributed by atoms with Crippen LogP contribution in [0.1, 0.15) is 23.6 Å². The Morgan fingerprint density at radius 2 is 1.92 bits per heavy atom. The lowest BCUT2D eigenvalue weighted by Gasteiger charge is -2.14. The number of nitrogens with two attached hydrogens (primary N) is 1. The van der Waals surface area contributed by atoms with Gasteiger partial charge in [-0.1, -0.05) is 18.2 Å². The fourth-order valence-electron chi connectivity index (χ4n) is 3.05. The van der Waals surface area contributed by atoms with Crippen LogP contribution >= 0.6 is 11.8 Å². The lowest BCUT2D eigenvalue weighted by Crippen LogP contribution is -2.33. The molecule has 134 valence electrons. The second kappa shape index (κ2) is 7.35. The number of rotatable bonds is 4. The van der Waals surface area contributed by atoms with E-state index >= 15 is 0 Å². The zero-order chi connectivity index (χ0) is 18.8. The summed E-state index contributed by atoms with van der Waals surface area (Å²) in [6.45, 7) is 1.80. The average Bonchev–Trinajstić information content (AvgIpc) is 2.87. The van der Waals surface area contributed by atoms with Crippen molar-refractivity contribution in [1.82, 2.24) is 5.06 Å². The number of fused-ring (bicyclic) bond motifs is 1. The minimum Gasteiger partial charge on any atom is -0.350 e. The second-order valence-electron chi connectivity index (χ2n) is 6.02. The number of nitrogens with zero attached hydrogens (tertiary/aromatic N) is 1. The Bertz CT molecular complexity index is 920. The Kier molecular flexibility index (Phi) is 5.15. The van der Waals surface area contributed by atoms with Crippen molar-refractivity contribution >= 4 is 35.0 Å². The molecule has 0 saturated heterocycles. The highest BCUT2D eigenvalue weighted by Crippen LogP contribution is 2.42. The molecule has 0 bridgehead atoms. The van der Waals surface area contributed by atoms with Crippen molar-refractivity contribution in [2.45, 2.75) is 11.8 Å². The number of amides is 2. The molecule has 1 aliphatic carbocycles. The molecule has 1 aliphatic rings. The van der Waals surface area contributed by atoms with Crippen molar-refractivity contribution in [3.05, 3.63) is 70.5 Å². The monoisotopic (exact) mass is 370 g/mol. The molecule has 0 aliphatic heterocycles. The molecule has 6 heteroatoms. The maximum absolute atomic E-state index is 13.8. The summed E-state index contributed by atoms with van der Waals surface area (Å²) in [5.74, 6) is -0.372. The van der Waals surface area contributed by atoms with Crippen molar-refractivity contribution < 1.29 is 14.4 Å². The predicted molar refractivity (Wildman–Crippen MR) is 103 cm³/mol. The number of primary amides is 1. The van der Waals surface area contributed by atoms with Crippen LogP contribution in [0, 0.1) is 5.82 Å². The van der Waals surface area contributed by atoms with Crippen molar-refractivity contribution in [1.29, 1.82) is 0 Å². The highest BCUT2D eigenvalue weighted by atomic mass is 32.2. The highest BCUT2D eigenvalue weighted by Gasteiger charge is 2.26. The Morgan fingerprint density at radius 3 is 2.54 bits per heavy atom. The Labute approximate surface area is 155 Å². The number of hydrogen-bond acceptors (Lipinski definition) is 3. The maximum atomic E-state index is 13.8. The third-order valence-electron chi connectivity index (χ3n) is 4.44. The van der Waals surface area contributed by atoms with E-state index in [4.69, 9.17) is 5.73 Å². The molecule has 3 rings (SSSR count). The molecule has 0 fully saturated rings. The van der Waals surface area contributed by atoms with E-state index in [0.29, 0.717) is 16.2 Å². The zero-order valence-electron chi connectivity index (χ0n) is 14.5. The molecule has 4 nitrogen and oxygen atoms in total. The molecule has 0 atom stereocenters. The van der Waals surface area contributed by atoms with E-state index in [0.717, 1.165) is 22.3 Å². The number of hydroxylamine groups is 2. The van der Waals surface area contributed by atoms with E-state index < -0.39 is 6.03 Å². The number of carbonyl (C=O) groups is 1. The van der Waals surface area contributed by atoms with Gasteiger partial charge in [0.2, 0.25) is 0 Å². The van der Waals surface area contributed by atoms with Gasteiger partial charge in [-0.25, -0.2) is 14.2 Å². The van der Waals surface area contributed by atoms with E-state index in [1.807, 2.05) is 43.5 Å². The van der Waals surface area contributed by atoms with Crippen LogP contribution in [0.4, 0.5) is 9.18 Å². The summed E-state index contributed by atoms with van der Waals surface area (Å²) < 4.78 is 13.8. The summed E-state index contributed by atoms with van der Waals surface area (Å²) in [5.41, 5.74) is 10.1. The van der Waals surface area contributed by atoms with Crippen molar-refractivity contribution in [2.75, 3.05) is 12.8 Å². The fourth-order valence-corrected chi connectivity index (χ4v) is 3.46. The van der Waals surface area contributed by atoms with E-state index in [1.54, 1.807) is 17.8 Å². The molecule has 0 unspecified atom stereocenters. The van der Waals surface area contributed by atoms with Crippen molar-refractivity contribution in [3.63, 3.8) is 0 Å². The summed E-state index contributed by atoms with van der Waals surface area (Å²) in [5, 5.41) is 10.2. The van der Waals surface area contributed by atoms with Gasteiger partial charge in [-0.05, 0) is 76.9 Å². The number of thioether (sulfide) groups is 1. The number of urea groups is 1. The molecule has 2 aromatic carbocycles. The van der Waals surface area contributed by atoms with Crippen LogP contribution in [0.2, 0.25) is 0 Å². The first-order chi connectivity index (χ1) is 12.4. The normalized spacial score (nSPS) is 14.7. The first-order valence-corrected chi connectivity index (χ1v) is 9.25. The lowest BCUT2D eigenvalue weighted by atomic mass is 10.0. The minimum atomic E-state index is -0.951. The van der Waals surface area contributed by atoms with Gasteiger partial charge in [-0.15, -0.1) is 11.8 Å². The van der Waals surface area contributed by atoms with Gasteiger partial charge < -0.3 is 5.73 Å². The number of allylic oxidation sites excluding steroid dienone is 2. The Balaban J connectivity index is 2.08. The van der Waals surface area contributed by atoms with Crippen LogP contribution in [-0.4, -0.2) is 29.1 Å². The average molecular weight is 370 g/mol. The molecule has 0 aromatic heterocycles. The van der Waals surface area contributed by atoms with Gasteiger partial charge >= 0.3 is 6.03 Å². The minimum absolute atomic E-state index is 0.0969. The molecule has 2 aromatic rings. The van der Waals surface area contributed by atoms with Gasteiger partial charge in [-0.3, -0.25) is 5.21 Å². The van der Waals surface area contributed by atoms with Gasteiger partial charge in [0.25, 0.3) is 0 Å². The van der Waals surface area contributed by atoms with Gasteiger partial charge in [0.1, 0.15) is 5.82 Å². The number of carbonyl (C=O) groups excluding carboxylic acids is 1. The molecular weight excluding hydrogens is 351 g/mol. The van der Waals surface area contributed by atoms with Gasteiger partial charge in [0.15, 0.2) is 0 Å². The van der Waals surface area contributed by atoms with E-state index in [9.17, 15) is 14.4 Å². The fraction of sp³-hybridized carbons (Fsp3) is 0.150. The third kappa shape index (κ3) is 3.52. The Hall–Kier alpha value is -2.57. The first-order valence-electron chi connectivity index (χ1n) is 8.02. The summed E-state index contributed by atoms with van der Waals surface area (Å²) in [6, 6.07) is 11.7. The molecule has 26 heavy (non-hydrogen) atoms. The summed E-state index contributed by atoms with van der Waals surface area (Å²) >= 11 is 1.67. The number of benzene rings is 2. The van der Waals surface area contributed by atoms with Crippen LogP contribution in [0.25, 0.3) is 17.2 Å². The number of halogens is 1. The molecule has 0 saturated carbocycles. The Morgan fingerprint density at radius 1 is 1.23 bits per heavy atom. The second-order valence-corrected chi connectivity index (χ2v) is 6.90. The standard InChI is InChI=1S/C20H19FN2O2S/c1-12-17(9-13-3-6-15(26-2)7-4-13)16-8-5-14(21)10-18(16)19(12)11-23(25)20(22)24/h3-10,25H,11H2,1-2H3,(H2,22,24)/b17-9-. The third-order valence-corrected chi connectivity index (χ3v) is 5.19. The molecule has 0 spiro atoms. The van der Waals surface area contributed by atoms with Crippen LogP contribution < -0.4 is 5.73 Å². The molecule has 3 N–H and O–H groups in total. The van der Waals surface area contributed by atoms with Crippen LogP contribution in [0.15, 0.2) is 52.9 Å². The molecule has 0 radical (unpaired) electrons. The summed E-state index contributed by atoms with van der Waals surface area (Å²) in [7, 11) is 0. The molecule has 0 heterocycles. The van der Waals surface area contributed by atoms with Crippen molar-refractivity contribution in [2.24, 2.45) is 5.73 Å². The highest BCUT2D eigenvalue weighted by molar-refractivity contribution is 7.98.